The van der Waals surface area contributed by atoms with Crippen LogP contribution in [0.25, 0.3) is 0 Å². The maximum Gasteiger partial charge on any atom is 0.416 e. The van der Waals surface area contributed by atoms with Crippen molar-refractivity contribution in [3.05, 3.63) is 39.8 Å². The molecule has 21 heavy (non-hydrogen) atoms. The van der Waals surface area contributed by atoms with Crippen LogP contribution in [0, 0.1) is 4.91 Å². The second kappa shape index (κ2) is 6.38. The standard InChI is InChI=1S/C13H17F3N2O2Si/c1-21(2,3)8-17-12(19)9-4-5-10(7-18-20)11(6-9)13(14,15)16/h4-6H,7-8H2,1-3H3,(H,17,19). The smallest absolute Gasteiger partial charge is 0.355 e. The van der Waals surface area contributed by atoms with Gasteiger partial charge >= 0.3 is 6.18 Å². The van der Waals surface area contributed by atoms with Gasteiger partial charge in [-0.15, -0.1) is 0 Å². The Morgan fingerprint density at radius 3 is 2.38 bits per heavy atom. The maximum atomic E-state index is 12.9. The van der Waals surface area contributed by atoms with Gasteiger partial charge in [0.25, 0.3) is 5.91 Å². The van der Waals surface area contributed by atoms with E-state index in [0.717, 1.165) is 12.1 Å². The number of hydrogen-bond donors (Lipinski definition) is 1. The Balaban J connectivity index is 3.05. The molecule has 1 amide bonds. The summed E-state index contributed by atoms with van der Waals surface area (Å²) in [6.45, 7) is 5.53. The van der Waals surface area contributed by atoms with Crippen molar-refractivity contribution in [3.8, 4) is 0 Å². The van der Waals surface area contributed by atoms with Gasteiger partial charge in [-0.2, -0.15) is 18.1 Å². The summed E-state index contributed by atoms with van der Waals surface area (Å²) in [6, 6.07) is 3.16. The molecule has 0 heterocycles. The maximum absolute atomic E-state index is 12.9. The molecule has 1 rings (SSSR count). The molecule has 116 valence electrons. The average molecular weight is 318 g/mol. The molecule has 0 saturated carbocycles. The minimum absolute atomic E-state index is 0.0739. The summed E-state index contributed by atoms with van der Waals surface area (Å²) in [5.41, 5.74) is -1.31. The summed E-state index contributed by atoms with van der Waals surface area (Å²) in [5, 5.41) is 5.12. The normalized spacial score (nSPS) is 12.1. The zero-order valence-electron chi connectivity index (χ0n) is 12.0. The van der Waals surface area contributed by atoms with E-state index in [1.807, 2.05) is 19.6 Å². The van der Waals surface area contributed by atoms with E-state index in [1.54, 1.807) is 0 Å². The first-order chi connectivity index (χ1) is 9.54. The third-order valence-electron chi connectivity index (χ3n) is 2.69. The molecule has 8 heteroatoms. The number of nitrogens with one attached hydrogen (secondary N) is 1. The number of carbonyl (C=O) groups excluding carboxylic acids is 1. The number of nitroso groups, excluding NO2 is 1. The first-order valence-electron chi connectivity index (χ1n) is 6.32. The van der Waals surface area contributed by atoms with E-state index in [1.165, 1.54) is 6.07 Å². The Kier molecular flexibility index (Phi) is 5.27. The molecular weight excluding hydrogens is 301 g/mol. The van der Waals surface area contributed by atoms with E-state index in [-0.39, 0.29) is 11.1 Å². The highest BCUT2D eigenvalue weighted by Crippen LogP contribution is 2.33. The molecular formula is C13H17F3N2O2Si. The van der Waals surface area contributed by atoms with E-state index in [9.17, 15) is 22.9 Å². The van der Waals surface area contributed by atoms with Gasteiger partial charge in [-0.1, -0.05) is 30.9 Å². The number of benzene rings is 1. The minimum atomic E-state index is -4.63. The fraction of sp³-hybridized carbons (Fsp3) is 0.462. The summed E-state index contributed by atoms with van der Waals surface area (Å²) < 4.78 is 38.8. The second-order valence-electron chi connectivity index (χ2n) is 5.90. The predicted molar refractivity (Wildman–Crippen MR) is 76.6 cm³/mol. The molecule has 1 N–H and O–H groups in total. The molecule has 0 atom stereocenters. The summed E-state index contributed by atoms with van der Waals surface area (Å²) in [7, 11) is -1.54. The van der Waals surface area contributed by atoms with Gasteiger partial charge in [0.1, 0.15) is 6.54 Å². The first kappa shape index (κ1) is 17.3. The van der Waals surface area contributed by atoms with E-state index in [4.69, 9.17) is 0 Å². The van der Waals surface area contributed by atoms with Crippen LogP contribution >= 0.6 is 0 Å². The van der Waals surface area contributed by atoms with E-state index in [2.05, 4.69) is 10.5 Å². The fourth-order valence-corrected chi connectivity index (χ4v) is 2.33. The predicted octanol–water partition coefficient (Wildman–Crippen LogP) is 3.58. The van der Waals surface area contributed by atoms with Crippen LogP contribution in [-0.2, 0) is 12.7 Å². The molecule has 0 aliphatic heterocycles. The number of rotatable bonds is 5. The number of alkyl halides is 3. The third kappa shape index (κ3) is 5.29. The van der Waals surface area contributed by atoms with E-state index < -0.39 is 32.3 Å². The Bertz CT molecular complexity index is 539. The van der Waals surface area contributed by atoms with Crippen molar-refractivity contribution in [1.29, 1.82) is 0 Å². The quantitative estimate of drug-likeness (QED) is 0.666. The van der Waals surface area contributed by atoms with Gasteiger partial charge in [0.2, 0.25) is 0 Å². The summed E-state index contributed by atoms with van der Waals surface area (Å²) >= 11 is 0. The third-order valence-corrected chi connectivity index (χ3v) is 3.93. The van der Waals surface area contributed by atoms with Gasteiger partial charge in [-0.25, -0.2) is 0 Å². The van der Waals surface area contributed by atoms with Crippen LogP contribution in [0.15, 0.2) is 23.4 Å². The highest BCUT2D eigenvalue weighted by Gasteiger charge is 2.34. The van der Waals surface area contributed by atoms with Crippen LogP contribution in [0.3, 0.4) is 0 Å². The molecule has 0 aromatic heterocycles. The Labute approximate surface area is 121 Å². The lowest BCUT2D eigenvalue weighted by atomic mass is 10.0. The van der Waals surface area contributed by atoms with Crippen molar-refractivity contribution in [2.75, 3.05) is 6.17 Å². The molecule has 0 saturated heterocycles. The molecule has 4 nitrogen and oxygen atoms in total. The van der Waals surface area contributed by atoms with E-state index >= 15 is 0 Å². The van der Waals surface area contributed by atoms with Crippen molar-refractivity contribution in [1.82, 2.24) is 5.32 Å². The molecule has 0 aliphatic carbocycles. The molecule has 0 aliphatic rings. The number of halogens is 3. The van der Waals surface area contributed by atoms with Gasteiger partial charge in [0, 0.05) is 11.7 Å². The van der Waals surface area contributed by atoms with Crippen LogP contribution in [-0.4, -0.2) is 20.1 Å². The van der Waals surface area contributed by atoms with E-state index in [0.29, 0.717) is 6.17 Å². The summed E-state index contributed by atoms with van der Waals surface area (Å²) in [5.74, 6) is -0.548. The van der Waals surface area contributed by atoms with Crippen LogP contribution in [0.1, 0.15) is 21.5 Å². The summed E-state index contributed by atoms with van der Waals surface area (Å²) in [4.78, 5) is 22.1. The van der Waals surface area contributed by atoms with Crippen molar-refractivity contribution in [2.45, 2.75) is 32.4 Å². The zero-order valence-corrected chi connectivity index (χ0v) is 13.0. The van der Waals surface area contributed by atoms with Gasteiger partial charge in [-0.05, 0) is 17.7 Å². The van der Waals surface area contributed by atoms with Crippen LogP contribution in [0.4, 0.5) is 13.2 Å². The van der Waals surface area contributed by atoms with Gasteiger partial charge in [0.05, 0.1) is 13.6 Å². The van der Waals surface area contributed by atoms with Crippen molar-refractivity contribution in [2.24, 2.45) is 5.18 Å². The van der Waals surface area contributed by atoms with Crippen molar-refractivity contribution in [3.63, 3.8) is 0 Å². The first-order valence-corrected chi connectivity index (χ1v) is 10.0. The molecule has 0 bridgehead atoms. The Morgan fingerprint density at radius 2 is 1.90 bits per heavy atom. The van der Waals surface area contributed by atoms with Gasteiger partial charge in [0.15, 0.2) is 0 Å². The Morgan fingerprint density at radius 1 is 1.29 bits per heavy atom. The number of amides is 1. The number of carbonyl (C=O) groups is 1. The van der Waals surface area contributed by atoms with Crippen LogP contribution < -0.4 is 5.32 Å². The zero-order chi connectivity index (χ0) is 16.3. The SMILES string of the molecule is C[Si](C)(C)CNC(=O)c1ccc(CN=O)c(C(F)(F)F)c1. The lowest BCUT2D eigenvalue weighted by Gasteiger charge is -2.17. The van der Waals surface area contributed by atoms with Crippen molar-refractivity contribution >= 4 is 14.0 Å². The number of nitrogens with zero attached hydrogens (tertiary/aromatic N) is 1. The van der Waals surface area contributed by atoms with Crippen molar-refractivity contribution < 1.29 is 18.0 Å². The summed E-state index contributed by atoms with van der Waals surface area (Å²) in [6.07, 6.45) is -4.15. The molecule has 1 aromatic carbocycles. The highest BCUT2D eigenvalue weighted by molar-refractivity contribution is 6.76. The Hall–Kier alpha value is -1.70. The van der Waals surface area contributed by atoms with Crippen LogP contribution in [0.5, 0.6) is 0 Å². The minimum Gasteiger partial charge on any atom is -0.355 e. The molecule has 0 unspecified atom stereocenters. The molecule has 0 radical (unpaired) electrons. The number of hydrogen-bond acceptors (Lipinski definition) is 3. The van der Waals surface area contributed by atoms with Crippen LogP contribution in [0.2, 0.25) is 19.6 Å². The largest absolute Gasteiger partial charge is 0.416 e. The lowest BCUT2D eigenvalue weighted by molar-refractivity contribution is -0.138. The van der Waals surface area contributed by atoms with Gasteiger partial charge < -0.3 is 5.32 Å². The second-order valence-corrected chi connectivity index (χ2v) is 11.4. The molecule has 0 fully saturated rings. The fourth-order valence-electron chi connectivity index (χ4n) is 1.64. The molecule has 1 aromatic rings. The lowest BCUT2D eigenvalue weighted by Crippen LogP contribution is -2.39. The average Bonchev–Trinajstić information content (AvgIpc) is 2.34. The highest BCUT2D eigenvalue weighted by atomic mass is 28.3. The topological polar surface area (TPSA) is 58.5 Å². The molecule has 0 spiro atoms. The monoisotopic (exact) mass is 318 g/mol. The van der Waals surface area contributed by atoms with Gasteiger partial charge in [-0.3, -0.25) is 4.79 Å².